The zero-order chi connectivity index (χ0) is 13.7. The number of nitrogens with zero attached hydrogens (tertiary/aromatic N) is 6. The van der Waals surface area contributed by atoms with Crippen molar-refractivity contribution in [3.63, 3.8) is 0 Å². The molecule has 0 spiro atoms. The highest BCUT2D eigenvalue weighted by molar-refractivity contribution is 6.28. The van der Waals surface area contributed by atoms with E-state index < -0.39 is 0 Å². The predicted octanol–water partition coefficient (Wildman–Crippen LogP) is 1.15. The molecule has 0 bridgehead atoms. The van der Waals surface area contributed by atoms with Gasteiger partial charge < -0.3 is 14.6 Å². The summed E-state index contributed by atoms with van der Waals surface area (Å²) in [5, 5.41) is 10.9. The lowest BCUT2D eigenvalue weighted by Crippen LogP contribution is -2.11. The van der Waals surface area contributed by atoms with E-state index in [0.29, 0.717) is 19.1 Å². The minimum atomic E-state index is 0.0814. The van der Waals surface area contributed by atoms with Gasteiger partial charge in [-0.3, -0.25) is 0 Å². The quantitative estimate of drug-likeness (QED) is 0.850. The fourth-order valence-electron chi connectivity index (χ4n) is 1.44. The average Bonchev–Trinajstić information content (AvgIpc) is 2.83. The second-order valence-corrected chi connectivity index (χ2v) is 3.87. The first-order chi connectivity index (χ1) is 9.22. The van der Waals surface area contributed by atoms with Crippen LogP contribution in [0.15, 0.2) is 6.33 Å². The molecule has 102 valence electrons. The van der Waals surface area contributed by atoms with E-state index in [4.69, 9.17) is 16.3 Å². The van der Waals surface area contributed by atoms with Crippen LogP contribution in [0, 0.1) is 0 Å². The first kappa shape index (κ1) is 13.5. The molecule has 0 radical (unpaired) electrons. The Morgan fingerprint density at radius 1 is 1.32 bits per heavy atom. The SMILES string of the molecule is CCOc1nc(Cl)nc(NCc2nncn2CC)n1. The number of nitrogens with one attached hydrogen (secondary N) is 1. The minimum Gasteiger partial charge on any atom is -0.464 e. The monoisotopic (exact) mass is 283 g/mol. The molecule has 9 heteroatoms. The molecule has 0 aliphatic rings. The minimum absolute atomic E-state index is 0.0814. The van der Waals surface area contributed by atoms with Gasteiger partial charge in [-0.1, -0.05) is 0 Å². The maximum absolute atomic E-state index is 5.79. The summed E-state index contributed by atoms with van der Waals surface area (Å²) in [5.41, 5.74) is 0. The van der Waals surface area contributed by atoms with Gasteiger partial charge in [0.2, 0.25) is 11.2 Å². The molecule has 0 aliphatic carbocycles. The van der Waals surface area contributed by atoms with E-state index in [1.807, 2.05) is 18.4 Å². The smallest absolute Gasteiger partial charge is 0.322 e. The van der Waals surface area contributed by atoms with Crippen LogP contribution in [-0.4, -0.2) is 36.3 Å². The van der Waals surface area contributed by atoms with Crippen LogP contribution in [0.25, 0.3) is 0 Å². The standard InChI is InChI=1S/C10H14ClN7O/c1-3-18-6-13-17-7(18)5-12-9-14-8(11)15-10(16-9)19-4-2/h6H,3-5H2,1-2H3,(H,12,14,15,16). The highest BCUT2D eigenvalue weighted by Gasteiger charge is 2.07. The molecule has 2 heterocycles. The van der Waals surface area contributed by atoms with Crippen LogP contribution in [0.5, 0.6) is 6.01 Å². The molecule has 8 nitrogen and oxygen atoms in total. The zero-order valence-corrected chi connectivity index (χ0v) is 11.4. The molecule has 0 amide bonds. The Kier molecular flexibility index (Phi) is 4.45. The van der Waals surface area contributed by atoms with Crippen LogP contribution in [0.3, 0.4) is 0 Å². The van der Waals surface area contributed by atoms with Gasteiger partial charge >= 0.3 is 6.01 Å². The maximum atomic E-state index is 5.79. The van der Waals surface area contributed by atoms with Gasteiger partial charge in [0, 0.05) is 6.54 Å². The van der Waals surface area contributed by atoms with Crippen LogP contribution in [0.2, 0.25) is 5.28 Å². The Balaban J connectivity index is 2.06. The molecule has 2 aromatic rings. The molecular weight excluding hydrogens is 270 g/mol. The van der Waals surface area contributed by atoms with Gasteiger partial charge in [-0.25, -0.2) is 0 Å². The molecule has 2 aromatic heterocycles. The molecule has 0 saturated carbocycles. The van der Waals surface area contributed by atoms with Crippen molar-refractivity contribution in [3.05, 3.63) is 17.4 Å². The molecule has 0 aliphatic heterocycles. The zero-order valence-electron chi connectivity index (χ0n) is 10.7. The third kappa shape index (κ3) is 3.50. The Bertz CT molecular complexity index is 544. The molecule has 0 saturated heterocycles. The summed E-state index contributed by atoms with van der Waals surface area (Å²) in [6.07, 6.45) is 1.67. The van der Waals surface area contributed by atoms with Crippen molar-refractivity contribution < 1.29 is 4.74 Å². The number of hydrogen-bond acceptors (Lipinski definition) is 7. The van der Waals surface area contributed by atoms with Gasteiger partial charge in [0.25, 0.3) is 0 Å². The number of rotatable bonds is 6. The maximum Gasteiger partial charge on any atom is 0.322 e. The molecule has 2 rings (SSSR count). The van der Waals surface area contributed by atoms with Crippen LogP contribution in [-0.2, 0) is 13.1 Å². The summed E-state index contributed by atoms with van der Waals surface area (Å²) >= 11 is 5.79. The number of aryl methyl sites for hydroxylation is 1. The Hall–Kier alpha value is -1.96. The van der Waals surface area contributed by atoms with Crippen molar-refractivity contribution in [3.8, 4) is 6.01 Å². The van der Waals surface area contributed by atoms with Gasteiger partial charge in [-0.15, -0.1) is 10.2 Å². The molecule has 0 unspecified atom stereocenters. The van der Waals surface area contributed by atoms with Gasteiger partial charge in [0.15, 0.2) is 5.82 Å². The first-order valence-corrected chi connectivity index (χ1v) is 6.25. The summed E-state index contributed by atoms with van der Waals surface area (Å²) in [4.78, 5) is 11.9. The van der Waals surface area contributed by atoms with E-state index in [1.54, 1.807) is 6.33 Å². The summed E-state index contributed by atoms with van der Waals surface area (Å²) < 4.78 is 7.11. The van der Waals surface area contributed by atoms with Crippen molar-refractivity contribution >= 4 is 17.5 Å². The largest absolute Gasteiger partial charge is 0.464 e. The van der Waals surface area contributed by atoms with Gasteiger partial charge in [0.05, 0.1) is 13.2 Å². The van der Waals surface area contributed by atoms with E-state index in [1.165, 1.54) is 0 Å². The summed E-state index contributed by atoms with van der Waals surface area (Å²) in [6.45, 7) is 5.56. The van der Waals surface area contributed by atoms with E-state index in [-0.39, 0.29) is 11.3 Å². The Morgan fingerprint density at radius 3 is 2.89 bits per heavy atom. The second-order valence-electron chi connectivity index (χ2n) is 3.53. The topological polar surface area (TPSA) is 90.6 Å². The van der Waals surface area contributed by atoms with Crippen LogP contribution >= 0.6 is 11.6 Å². The van der Waals surface area contributed by atoms with Crippen molar-refractivity contribution in [1.82, 2.24) is 29.7 Å². The number of halogens is 1. The van der Waals surface area contributed by atoms with Crippen molar-refractivity contribution in [2.75, 3.05) is 11.9 Å². The van der Waals surface area contributed by atoms with Gasteiger partial charge in [-0.2, -0.15) is 15.0 Å². The van der Waals surface area contributed by atoms with E-state index in [0.717, 1.165) is 12.4 Å². The normalized spacial score (nSPS) is 10.5. The first-order valence-electron chi connectivity index (χ1n) is 5.87. The summed E-state index contributed by atoms with van der Waals surface area (Å²) in [5.74, 6) is 1.13. The lowest BCUT2D eigenvalue weighted by Gasteiger charge is -2.07. The van der Waals surface area contributed by atoms with Crippen LogP contribution < -0.4 is 10.1 Å². The third-order valence-corrected chi connectivity index (χ3v) is 2.47. The number of ether oxygens (including phenoxy) is 1. The molecule has 0 fully saturated rings. The molecule has 0 aromatic carbocycles. The predicted molar refractivity (Wildman–Crippen MR) is 69.0 cm³/mol. The van der Waals surface area contributed by atoms with Crippen LogP contribution in [0.4, 0.5) is 5.95 Å². The summed E-state index contributed by atoms with van der Waals surface area (Å²) in [6, 6.07) is 0.196. The van der Waals surface area contributed by atoms with Crippen molar-refractivity contribution in [1.29, 1.82) is 0 Å². The lowest BCUT2D eigenvalue weighted by molar-refractivity contribution is 0.312. The summed E-state index contributed by atoms with van der Waals surface area (Å²) in [7, 11) is 0. The van der Waals surface area contributed by atoms with Crippen molar-refractivity contribution in [2.24, 2.45) is 0 Å². The Labute approximate surface area is 115 Å². The van der Waals surface area contributed by atoms with E-state index in [9.17, 15) is 0 Å². The number of anilines is 1. The highest BCUT2D eigenvalue weighted by Crippen LogP contribution is 2.11. The highest BCUT2D eigenvalue weighted by atomic mass is 35.5. The molecule has 19 heavy (non-hydrogen) atoms. The average molecular weight is 284 g/mol. The van der Waals surface area contributed by atoms with E-state index in [2.05, 4.69) is 30.5 Å². The number of hydrogen-bond donors (Lipinski definition) is 1. The van der Waals surface area contributed by atoms with Crippen molar-refractivity contribution in [2.45, 2.75) is 26.9 Å². The fourth-order valence-corrected chi connectivity index (χ4v) is 1.60. The fraction of sp³-hybridized carbons (Fsp3) is 0.500. The number of aromatic nitrogens is 6. The van der Waals surface area contributed by atoms with Crippen LogP contribution in [0.1, 0.15) is 19.7 Å². The second kappa shape index (κ2) is 6.28. The third-order valence-electron chi connectivity index (χ3n) is 2.30. The van der Waals surface area contributed by atoms with E-state index >= 15 is 0 Å². The Morgan fingerprint density at radius 2 is 2.16 bits per heavy atom. The lowest BCUT2D eigenvalue weighted by atomic mass is 10.5. The molecule has 0 atom stereocenters. The molecular formula is C10H14ClN7O. The molecule has 1 N–H and O–H groups in total. The van der Waals surface area contributed by atoms with Gasteiger partial charge in [-0.05, 0) is 25.4 Å². The van der Waals surface area contributed by atoms with Gasteiger partial charge in [0.1, 0.15) is 6.33 Å².